The van der Waals surface area contributed by atoms with E-state index in [4.69, 9.17) is 9.47 Å². The lowest BCUT2D eigenvalue weighted by atomic mass is 10.1. The fourth-order valence-electron chi connectivity index (χ4n) is 2.97. The molecule has 0 saturated carbocycles. The fourth-order valence-corrected chi connectivity index (χ4v) is 2.97. The molecule has 3 rings (SSSR count). The first-order valence-electron chi connectivity index (χ1n) is 10.1. The minimum atomic E-state index is -0.302. The van der Waals surface area contributed by atoms with Crippen molar-refractivity contribution in [3.8, 4) is 11.8 Å². The van der Waals surface area contributed by atoms with Crippen molar-refractivity contribution in [1.29, 1.82) is 0 Å². The van der Waals surface area contributed by atoms with Gasteiger partial charge in [0.2, 0.25) is 0 Å². The molecule has 2 heterocycles. The average Bonchev–Trinajstić information content (AvgIpc) is 3.09. The van der Waals surface area contributed by atoms with E-state index in [1.54, 1.807) is 31.3 Å². The van der Waals surface area contributed by atoms with E-state index in [0.29, 0.717) is 29.3 Å². The number of H-pyrrole nitrogens is 1. The molecule has 0 fully saturated rings. The number of benzene rings is 1. The molecule has 0 spiro atoms. The number of imidazole rings is 1. The van der Waals surface area contributed by atoms with Gasteiger partial charge in [-0.25, -0.2) is 4.79 Å². The molecule has 0 aliphatic carbocycles. The normalized spacial score (nSPS) is 10.8. The molecule has 0 radical (unpaired) electrons. The van der Waals surface area contributed by atoms with Crippen molar-refractivity contribution in [2.45, 2.75) is 32.7 Å². The lowest BCUT2D eigenvalue weighted by Gasteiger charge is -2.09. The van der Waals surface area contributed by atoms with Crippen LogP contribution in [0.5, 0.6) is 11.8 Å². The number of carbonyl (C=O) groups is 1. The van der Waals surface area contributed by atoms with E-state index in [9.17, 15) is 9.59 Å². The molecule has 166 valence electrons. The van der Waals surface area contributed by atoms with Gasteiger partial charge in [-0.1, -0.05) is 25.5 Å². The van der Waals surface area contributed by atoms with Crippen LogP contribution in [0.3, 0.4) is 0 Å². The highest BCUT2D eigenvalue weighted by Crippen LogP contribution is 2.20. The molecule has 10 nitrogen and oxygen atoms in total. The molecule has 31 heavy (non-hydrogen) atoms. The first-order chi connectivity index (χ1) is 15.0. The molecule has 0 saturated heterocycles. The molecule has 0 aliphatic heterocycles. The molecule has 0 aliphatic rings. The molecule has 0 atom stereocenters. The number of anilines is 1. The second-order valence-corrected chi connectivity index (χ2v) is 6.83. The standard InChI is InChI=1S/C21H27N5O5/c1-4-5-11-31-20-24-18(22-2)17-19(25-20)26(21(28)23-17)10-12-30-15-8-6-14(7-9-15)13-16(27)29-3/h6-9H,4-5,10-13H2,1-3H3,(H,23,28)(H,22,24,25). The third-order valence-corrected chi connectivity index (χ3v) is 4.65. The van der Waals surface area contributed by atoms with E-state index >= 15 is 0 Å². The second kappa shape index (κ2) is 10.5. The van der Waals surface area contributed by atoms with E-state index in [1.165, 1.54) is 11.7 Å². The Balaban J connectivity index is 1.70. The van der Waals surface area contributed by atoms with Gasteiger partial charge in [0.15, 0.2) is 11.5 Å². The molecule has 1 aromatic carbocycles. The number of fused-ring (bicyclic) bond motifs is 1. The van der Waals surface area contributed by atoms with Crippen molar-refractivity contribution < 1.29 is 19.0 Å². The van der Waals surface area contributed by atoms with Gasteiger partial charge in [0.1, 0.15) is 17.9 Å². The predicted molar refractivity (Wildman–Crippen MR) is 116 cm³/mol. The topological polar surface area (TPSA) is 120 Å². The Hall–Kier alpha value is -3.56. The number of ether oxygens (including phenoxy) is 3. The summed E-state index contributed by atoms with van der Waals surface area (Å²) in [7, 11) is 3.08. The monoisotopic (exact) mass is 429 g/mol. The minimum Gasteiger partial charge on any atom is -0.492 e. The third-order valence-electron chi connectivity index (χ3n) is 4.65. The van der Waals surface area contributed by atoms with Crippen molar-refractivity contribution >= 4 is 23.0 Å². The molecule has 3 aromatic rings. The number of methoxy groups -OCH3 is 1. The van der Waals surface area contributed by atoms with Crippen LogP contribution in [0.15, 0.2) is 29.1 Å². The average molecular weight is 429 g/mol. The van der Waals surface area contributed by atoms with Crippen LogP contribution in [0.4, 0.5) is 5.82 Å². The van der Waals surface area contributed by atoms with Crippen molar-refractivity contribution in [2.24, 2.45) is 0 Å². The van der Waals surface area contributed by atoms with Gasteiger partial charge in [-0.05, 0) is 24.1 Å². The number of unbranched alkanes of at least 4 members (excludes halogenated alkanes) is 1. The van der Waals surface area contributed by atoms with Crippen molar-refractivity contribution in [1.82, 2.24) is 19.5 Å². The van der Waals surface area contributed by atoms with E-state index in [2.05, 4.69) is 31.9 Å². The van der Waals surface area contributed by atoms with Crippen LogP contribution < -0.4 is 20.5 Å². The Labute approximate surface area is 179 Å². The van der Waals surface area contributed by atoms with Crippen LogP contribution in [0.1, 0.15) is 25.3 Å². The van der Waals surface area contributed by atoms with Crippen molar-refractivity contribution in [3.05, 3.63) is 40.3 Å². The van der Waals surface area contributed by atoms with E-state index in [-0.39, 0.29) is 37.2 Å². The number of esters is 1. The van der Waals surface area contributed by atoms with Gasteiger partial charge in [-0.15, -0.1) is 0 Å². The predicted octanol–water partition coefficient (Wildman–Crippen LogP) is 2.13. The first-order valence-corrected chi connectivity index (χ1v) is 10.1. The molecular formula is C21H27N5O5. The highest BCUT2D eigenvalue weighted by atomic mass is 16.5. The summed E-state index contributed by atoms with van der Waals surface area (Å²) in [5, 5.41) is 2.97. The summed E-state index contributed by atoms with van der Waals surface area (Å²) in [6.45, 7) is 3.13. The third kappa shape index (κ3) is 5.53. The number of aromatic amines is 1. The van der Waals surface area contributed by atoms with Crippen LogP contribution in [0.25, 0.3) is 11.2 Å². The number of hydrogen-bond acceptors (Lipinski definition) is 8. The van der Waals surface area contributed by atoms with Gasteiger partial charge in [-0.2, -0.15) is 9.97 Å². The maximum atomic E-state index is 12.5. The van der Waals surface area contributed by atoms with Gasteiger partial charge in [0.05, 0.1) is 26.7 Å². The summed E-state index contributed by atoms with van der Waals surface area (Å²) in [4.78, 5) is 35.3. The SMILES string of the molecule is CCCCOc1nc(NC)c2[nH]c(=O)n(CCOc3ccc(CC(=O)OC)cc3)c2n1. The van der Waals surface area contributed by atoms with Crippen LogP contribution in [0, 0.1) is 0 Å². The zero-order valence-electron chi connectivity index (χ0n) is 17.9. The number of rotatable bonds is 11. The van der Waals surface area contributed by atoms with Crippen LogP contribution >= 0.6 is 0 Å². The fraction of sp³-hybridized carbons (Fsp3) is 0.429. The Morgan fingerprint density at radius 3 is 2.61 bits per heavy atom. The van der Waals surface area contributed by atoms with Crippen LogP contribution in [-0.4, -0.2) is 52.9 Å². The molecular weight excluding hydrogens is 402 g/mol. The summed E-state index contributed by atoms with van der Waals surface area (Å²) < 4.78 is 17.5. The summed E-state index contributed by atoms with van der Waals surface area (Å²) >= 11 is 0. The Morgan fingerprint density at radius 1 is 1.16 bits per heavy atom. The van der Waals surface area contributed by atoms with Gasteiger partial charge < -0.3 is 24.5 Å². The number of aromatic nitrogens is 4. The van der Waals surface area contributed by atoms with Gasteiger partial charge in [-0.3, -0.25) is 9.36 Å². The quantitative estimate of drug-likeness (QED) is 0.351. The Bertz CT molecular complexity index is 1070. The molecule has 2 N–H and O–H groups in total. The summed E-state index contributed by atoms with van der Waals surface area (Å²) in [5.74, 6) is 0.832. The second-order valence-electron chi connectivity index (χ2n) is 6.83. The molecule has 0 unspecified atom stereocenters. The van der Waals surface area contributed by atoms with Gasteiger partial charge in [0.25, 0.3) is 0 Å². The number of nitrogens with one attached hydrogen (secondary N) is 2. The molecule has 2 aromatic heterocycles. The summed E-state index contributed by atoms with van der Waals surface area (Å²) in [5.41, 5.74) is 1.50. The smallest absolute Gasteiger partial charge is 0.327 e. The highest BCUT2D eigenvalue weighted by Gasteiger charge is 2.15. The highest BCUT2D eigenvalue weighted by molar-refractivity contribution is 5.83. The Kier molecular flexibility index (Phi) is 7.47. The summed E-state index contributed by atoms with van der Waals surface area (Å²) in [6.07, 6.45) is 2.09. The maximum Gasteiger partial charge on any atom is 0.327 e. The van der Waals surface area contributed by atoms with E-state index in [0.717, 1.165) is 18.4 Å². The summed E-state index contributed by atoms with van der Waals surface area (Å²) in [6, 6.07) is 7.38. The van der Waals surface area contributed by atoms with Gasteiger partial charge in [0, 0.05) is 7.05 Å². The number of hydrogen-bond donors (Lipinski definition) is 2. The lowest BCUT2D eigenvalue weighted by molar-refractivity contribution is -0.139. The zero-order chi connectivity index (χ0) is 22.2. The van der Waals surface area contributed by atoms with E-state index in [1.807, 2.05) is 0 Å². The maximum absolute atomic E-state index is 12.5. The largest absolute Gasteiger partial charge is 0.492 e. The first kappa shape index (κ1) is 22.1. The minimum absolute atomic E-state index is 0.206. The molecule has 0 bridgehead atoms. The van der Waals surface area contributed by atoms with Crippen molar-refractivity contribution in [2.75, 3.05) is 32.7 Å². The molecule has 0 amide bonds. The van der Waals surface area contributed by atoms with Crippen LogP contribution in [0.2, 0.25) is 0 Å². The number of nitrogens with zero attached hydrogens (tertiary/aromatic N) is 3. The van der Waals surface area contributed by atoms with Crippen LogP contribution in [-0.2, 0) is 22.5 Å². The van der Waals surface area contributed by atoms with E-state index < -0.39 is 0 Å². The lowest BCUT2D eigenvalue weighted by Crippen LogP contribution is -2.21. The zero-order valence-corrected chi connectivity index (χ0v) is 17.9. The molecule has 10 heteroatoms. The Morgan fingerprint density at radius 2 is 1.94 bits per heavy atom. The van der Waals surface area contributed by atoms with Gasteiger partial charge >= 0.3 is 17.7 Å². The van der Waals surface area contributed by atoms with Crippen molar-refractivity contribution in [3.63, 3.8) is 0 Å². The number of carbonyl (C=O) groups excluding carboxylic acids is 1.